The minimum Gasteiger partial charge on any atom is -0.507 e. The third kappa shape index (κ3) is 1.82. The van der Waals surface area contributed by atoms with E-state index in [1.165, 1.54) is 19.2 Å². The molecule has 1 aliphatic carbocycles. The number of phenols is 1. The summed E-state index contributed by atoms with van der Waals surface area (Å²) in [7, 11) is 1.47. The second kappa shape index (κ2) is 3.92. The number of rotatable bonds is 3. The van der Waals surface area contributed by atoms with Gasteiger partial charge in [-0.2, -0.15) is 0 Å². The Morgan fingerprint density at radius 2 is 2.12 bits per heavy atom. The number of aromatic carboxylic acids is 1. The number of ether oxygens (including phenoxy) is 1. The molecule has 1 fully saturated rings. The van der Waals surface area contributed by atoms with Crippen LogP contribution in [0, 0.1) is 0 Å². The number of hydrogen-bond acceptors (Lipinski definition) is 4. The van der Waals surface area contributed by atoms with Crippen molar-refractivity contribution >= 4 is 5.97 Å². The highest BCUT2D eigenvalue weighted by Crippen LogP contribution is 2.44. The van der Waals surface area contributed by atoms with Gasteiger partial charge in [0, 0.05) is 17.2 Å². The molecule has 0 saturated heterocycles. The van der Waals surface area contributed by atoms with Gasteiger partial charge in [0.1, 0.15) is 17.1 Å². The second-order valence-corrected chi connectivity index (χ2v) is 4.38. The highest BCUT2D eigenvalue weighted by Gasteiger charge is 2.37. The van der Waals surface area contributed by atoms with Gasteiger partial charge in [0.15, 0.2) is 0 Å². The molecule has 0 aromatic heterocycles. The molecule has 1 aromatic rings. The summed E-state index contributed by atoms with van der Waals surface area (Å²) in [6, 6.07) is 2.72. The van der Waals surface area contributed by atoms with E-state index in [-0.39, 0.29) is 11.3 Å². The second-order valence-electron chi connectivity index (χ2n) is 4.38. The monoisotopic (exact) mass is 237 g/mol. The number of aromatic hydroxyl groups is 1. The summed E-state index contributed by atoms with van der Waals surface area (Å²) in [5.74, 6) is -1.04. The van der Waals surface area contributed by atoms with Crippen LogP contribution in [0.15, 0.2) is 12.1 Å². The van der Waals surface area contributed by atoms with Crippen molar-refractivity contribution in [2.24, 2.45) is 5.73 Å². The number of carbonyl (C=O) groups is 1. The zero-order chi connectivity index (χ0) is 12.6. The van der Waals surface area contributed by atoms with Crippen molar-refractivity contribution in [3.05, 3.63) is 23.3 Å². The molecule has 17 heavy (non-hydrogen) atoms. The number of carboxylic acid groups (broad SMARTS) is 1. The van der Waals surface area contributed by atoms with Crippen molar-refractivity contribution < 1.29 is 19.7 Å². The van der Waals surface area contributed by atoms with Gasteiger partial charge < -0.3 is 20.7 Å². The van der Waals surface area contributed by atoms with Crippen LogP contribution in [0.3, 0.4) is 0 Å². The fourth-order valence-corrected chi connectivity index (χ4v) is 2.13. The van der Waals surface area contributed by atoms with Crippen molar-refractivity contribution in [1.29, 1.82) is 0 Å². The summed E-state index contributed by atoms with van der Waals surface area (Å²) in [4.78, 5) is 11.0. The lowest BCUT2D eigenvalue weighted by atomic mass is 9.72. The first-order valence-corrected chi connectivity index (χ1v) is 5.41. The van der Waals surface area contributed by atoms with Gasteiger partial charge in [-0.15, -0.1) is 0 Å². The van der Waals surface area contributed by atoms with Crippen LogP contribution >= 0.6 is 0 Å². The Morgan fingerprint density at radius 3 is 2.53 bits per heavy atom. The van der Waals surface area contributed by atoms with Gasteiger partial charge in [0.2, 0.25) is 0 Å². The topological polar surface area (TPSA) is 92.8 Å². The number of benzene rings is 1. The molecule has 0 bridgehead atoms. The Balaban J connectivity index is 2.56. The first-order chi connectivity index (χ1) is 7.98. The fourth-order valence-electron chi connectivity index (χ4n) is 2.13. The van der Waals surface area contributed by atoms with E-state index in [9.17, 15) is 9.90 Å². The van der Waals surface area contributed by atoms with Gasteiger partial charge in [-0.1, -0.05) is 0 Å². The van der Waals surface area contributed by atoms with Gasteiger partial charge in [-0.05, 0) is 25.3 Å². The molecular formula is C12H15NO4. The van der Waals surface area contributed by atoms with E-state index in [0.717, 1.165) is 19.3 Å². The molecule has 0 unspecified atom stereocenters. The van der Waals surface area contributed by atoms with Gasteiger partial charge in [0.25, 0.3) is 0 Å². The maximum atomic E-state index is 11.0. The summed E-state index contributed by atoms with van der Waals surface area (Å²) in [5.41, 5.74) is 6.15. The van der Waals surface area contributed by atoms with E-state index in [1.807, 2.05) is 0 Å². The van der Waals surface area contributed by atoms with Gasteiger partial charge in [-0.3, -0.25) is 0 Å². The van der Waals surface area contributed by atoms with E-state index < -0.39 is 11.5 Å². The highest BCUT2D eigenvalue weighted by atomic mass is 16.5. The van der Waals surface area contributed by atoms with Crippen LogP contribution in [-0.4, -0.2) is 23.3 Å². The molecule has 1 saturated carbocycles. The summed E-state index contributed by atoms with van der Waals surface area (Å²) < 4.78 is 5.15. The summed E-state index contributed by atoms with van der Waals surface area (Å²) in [6.07, 6.45) is 2.61. The molecule has 5 nitrogen and oxygen atoms in total. The van der Waals surface area contributed by atoms with Crippen LogP contribution in [0.2, 0.25) is 0 Å². The lowest BCUT2D eigenvalue weighted by Gasteiger charge is -2.39. The van der Waals surface area contributed by atoms with E-state index in [1.54, 1.807) is 0 Å². The average molecular weight is 237 g/mol. The minimum absolute atomic E-state index is 0.141. The number of methoxy groups -OCH3 is 1. The zero-order valence-electron chi connectivity index (χ0n) is 9.56. The Kier molecular flexibility index (Phi) is 2.71. The predicted octanol–water partition coefficient (Wildman–Crippen LogP) is 1.44. The quantitative estimate of drug-likeness (QED) is 0.739. The minimum atomic E-state index is -1.17. The number of carboxylic acids is 1. The number of nitrogens with two attached hydrogens (primary N) is 1. The van der Waals surface area contributed by atoms with Crippen LogP contribution in [0.25, 0.3) is 0 Å². The molecule has 4 N–H and O–H groups in total. The van der Waals surface area contributed by atoms with Crippen LogP contribution in [0.1, 0.15) is 35.2 Å². The van der Waals surface area contributed by atoms with Gasteiger partial charge in [0.05, 0.1) is 7.11 Å². The first-order valence-electron chi connectivity index (χ1n) is 5.41. The van der Waals surface area contributed by atoms with Crippen LogP contribution < -0.4 is 10.5 Å². The van der Waals surface area contributed by atoms with Crippen LogP contribution in [0.4, 0.5) is 0 Å². The first kappa shape index (κ1) is 11.7. The molecular weight excluding hydrogens is 222 g/mol. The number of hydrogen-bond donors (Lipinski definition) is 3. The van der Waals surface area contributed by atoms with Crippen molar-refractivity contribution in [3.63, 3.8) is 0 Å². The molecule has 0 amide bonds. The molecule has 0 spiro atoms. The van der Waals surface area contributed by atoms with E-state index >= 15 is 0 Å². The molecule has 0 atom stereocenters. The Bertz CT molecular complexity index is 466. The van der Waals surface area contributed by atoms with Crippen LogP contribution in [-0.2, 0) is 5.54 Å². The lowest BCUT2D eigenvalue weighted by molar-refractivity contribution is 0.0693. The van der Waals surface area contributed by atoms with E-state index in [0.29, 0.717) is 11.3 Å². The summed E-state index contributed by atoms with van der Waals surface area (Å²) in [5, 5.41) is 18.5. The van der Waals surface area contributed by atoms with E-state index in [4.69, 9.17) is 15.6 Å². The molecule has 5 heteroatoms. The molecule has 0 radical (unpaired) electrons. The van der Waals surface area contributed by atoms with Crippen molar-refractivity contribution in [3.8, 4) is 11.5 Å². The summed E-state index contributed by atoms with van der Waals surface area (Å²) >= 11 is 0. The largest absolute Gasteiger partial charge is 0.507 e. The Labute approximate surface area is 98.8 Å². The van der Waals surface area contributed by atoms with E-state index in [2.05, 4.69) is 0 Å². The fraction of sp³-hybridized carbons (Fsp3) is 0.417. The zero-order valence-corrected chi connectivity index (χ0v) is 9.56. The SMILES string of the molecule is COc1cc(O)c(C(=O)O)cc1C1(N)CCC1. The van der Waals surface area contributed by atoms with Crippen molar-refractivity contribution in [2.75, 3.05) is 7.11 Å². The lowest BCUT2D eigenvalue weighted by Crippen LogP contribution is -2.43. The maximum Gasteiger partial charge on any atom is 0.339 e. The molecule has 0 aliphatic heterocycles. The smallest absolute Gasteiger partial charge is 0.339 e. The predicted molar refractivity (Wildman–Crippen MR) is 61.3 cm³/mol. The molecule has 1 aliphatic rings. The molecule has 92 valence electrons. The highest BCUT2D eigenvalue weighted by molar-refractivity contribution is 5.91. The molecule has 1 aromatic carbocycles. The standard InChI is InChI=1S/C12H15NO4/c1-17-10-6-9(14)7(11(15)16)5-8(10)12(13)3-2-4-12/h5-6,14H,2-4,13H2,1H3,(H,15,16). The average Bonchev–Trinajstić information content (AvgIpc) is 2.25. The third-order valence-electron chi connectivity index (χ3n) is 3.33. The third-order valence-corrected chi connectivity index (χ3v) is 3.33. The Hall–Kier alpha value is -1.75. The normalized spacial score (nSPS) is 17.3. The van der Waals surface area contributed by atoms with Crippen molar-refractivity contribution in [1.82, 2.24) is 0 Å². The maximum absolute atomic E-state index is 11.0. The van der Waals surface area contributed by atoms with Gasteiger partial charge in [-0.25, -0.2) is 4.79 Å². The molecule has 2 rings (SSSR count). The molecule has 0 heterocycles. The van der Waals surface area contributed by atoms with Crippen molar-refractivity contribution in [2.45, 2.75) is 24.8 Å². The Morgan fingerprint density at radius 1 is 1.47 bits per heavy atom. The summed E-state index contributed by atoms with van der Waals surface area (Å²) in [6.45, 7) is 0. The van der Waals surface area contributed by atoms with Crippen LogP contribution in [0.5, 0.6) is 11.5 Å². The van der Waals surface area contributed by atoms with Gasteiger partial charge >= 0.3 is 5.97 Å².